The molecule has 0 saturated carbocycles. The molecule has 0 aromatic heterocycles. The van der Waals surface area contributed by atoms with Gasteiger partial charge in [0.2, 0.25) is 5.75 Å². The minimum Gasteiger partial charge on any atom is -0.493 e. The molecule has 0 aliphatic carbocycles. The van der Waals surface area contributed by atoms with E-state index in [9.17, 15) is 0 Å². The number of hydrogen-bond acceptors (Lipinski definition) is 4. The van der Waals surface area contributed by atoms with Crippen LogP contribution in [-0.2, 0) is 0 Å². The summed E-state index contributed by atoms with van der Waals surface area (Å²) in [6.45, 7) is 4.36. The summed E-state index contributed by atoms with van der Waals surface area (Å²) >= 11 is 0. The molecule has 0 heterocycles. The highest BCUT2D eigenvalue weighted by molar-refractivity contribution is 5.68. The van der Waals surface area contributed by atoms with E-state index in [4.69, 9.17) is 14.2 Å². The van der Waals surface area contributed by atoms with E-state index in [0.29, 0.717) is 23.2 Å². The van der Waals surface area contributed by atoms with Crippen LogP contribution in [0.15, 0.2) is 36.4 Å². The monoisotopic (exact) mass is 301 g/mol. The first-order chi connectivity index (χ1) is 10.6. The standard InChI is InChI=1S/C18H23NO3/c1-12(2)13-6-8-14(9-7-13)19-15-10-16(20-3)18(22-5)17(11-15)21-4/h6-12,19H,1-5H3. The Labute approximate surface area is 132 Å². The second-order valence-electron chi connectivity index (χ2n) is 5.32. The van der Waals surface area contributed by atoms with E-state index < -0.39 is 0 Å². The Kier molecular flexibility index (Phi) is 5.15. The molecule has 0 fully saturated rings. The number of benzene rings is 2. The maximum Gasteiger partial charge on any atom is 0.203 e. The van der Waals surface area contributed by atoms with Crippen LogP contribution in [0.25, 0.3) is 0 Å². The molecule has 0 bridgehead atoms. The fourth-order valence-electron chi connectivity index (χ4n) is 2.27. The molecule has 2 rings (SSSR count). The van der Waals surface area contributed by atoms with Crippen molar-refractivity contribution in [3.63, 3.8) is 0 Å². The molecule has 0 aliphatic rings. The lowest BCUT2D eigenvalue weighted by molar-refractivity contribution is 0.324. The molecular weight excluding hydrogens is 278 g/mol. The minimum absolute atomic E-state index is 0.523. The Morgan fingerprint density at radius 1 is 0.773 bits per heavy atom. The van der Waals surface area contributed by atoms with Gasteiger partial charge in [-0.2, -0.15) is 0 Å². The molecule has 4 heteroatoms. The van der Waals surface area contributed by atoms with E-state index in [-0.39, 0.29) is 0 Å². The first kappa shape index (κ1) is 16.0. The summed E-state index contributed by atoms with van der Waals surface area (Å²) in [5, 5.41) is 3.36. The molecule has 0 radical (unpaired) electrons. The van der Waals surface area contributed by atoms with E-state index in [1.807, 2.05) is 12.1 Å². The highest BCUT2D eigenvalue weighted by Crippen LogP contribution is 2.40. The smallest absolute Gasteiger partial charge is 0.203 e. The van der Waals surface area contributed by atoms with Crippen molar-refractivity contribution in [1.82, 2.24) is 0 Å². The lowest BCUT2D eigenvalue weighted by atomic mass is 10.0. The molecule has 0 saturated heterocycles. The van der Waals surface area contributed by atoms with Crippen LogP contribution in [0.5, 0.6) is 17.2 Å². The van der Waals surface area contributed by atoms with Crippen LogP contribution in [0.2, 0.25) is 0 Å². The lowest BCUT2D eigenvalue weighted by Crippen LogP contribution is -1.98. The SMILES string of the molecule is COc1cc(Nc2ccc(C(C)C)cc2)cc(OC)c1OC. The van der Waals surface area contributed by atoms with E-state index in [1.165, 1.54) is 5.56 Å². The number of rotatable bonds is 6. The second kappa shape index (κ2) is 7.07. The van der Waals surface area contributed by atoms with Gasteiger partial charge in [0.05, 0.1) is 21.3 Å². The minimum atomic E-state index is 0.523. The van der Waals surface area contributed by atoms with Crippen molar-refractivity contribution in [1.29, 1.82) is 0 Å². The van der Waals surface area contributed by atoms with Crippen LogP contribution < -0.4 is 19.5 Å². The van der Waals surface area contributed by atoms with Crippen LogP contribution in [0.3, 0.4) is 0 Å². The van der Waals surface area contributed by atoms with E-state index in [1.54, 1.807) is 21.3 Å². The van der Waals surface area contributed by atoms with Gasteiger partial charge in [0, 0.05) is 23.5 Å². The summed E-state index contributed by atoms with van der Waals surface area (Å²) in [6, 6.07) is 12.2. The van der Waals surface area contributed by atoms with Gasteiger partial charge < -0.3 is 19.5 Å². The summed E-state index contributed by atoms with van der Waals surface area (Å²) in [4.78, 5) is 0. The molecule has 0 spiro atoms. The quantitative estimate of drug-likeness (QED) is 0.847. The third-order valence-electron chi connectivity index (χ3n) is 3.53. The summed E-state index contributed by atoms with van der Waals surface area (Å²) < 4.78 is 16.1. The number of ether oxygens (including phenoxy) is 3. The van der Waals surface area contributed by atoms with Crippen LogP contribution in [0.4, 0.5) is 11.4 Å². The molecule has 2 aromatic carbocycles. The molecule has 0 amide bonds. The molecule has 0 unspecified atom stereocenters. The average Bonchev–Trinajstić information content (AvgIpc) is 2.54. The van der Waals surface area contributed by atoms with Crippen LogP contribution in [-0.4, -0.2) is 21.3 Å². The zero-order chi connectivity index (χ0) is 16.1. The summed E-state index contributed by atoms with van der Waals surface area (Å²) in [5.74, 6) is 2.37. The van der Waals surface area contributed by atoms with Crippen LogP contribution in [0, 0.1) is 0 Å². The third-order valence-corrected chi connectivity index (χ3v) is 3.53. The Morgan fingerprint density at radius 2 is 1.32 bits per heavy atom. The number of hydrogen-bond donors (Lipinski definition) is 1. The van der Waals surface area contributed by atoms with Gasteiger partial charge in [-0.15, -0.1) is 0 Å². The van der Waals surface area contributed by atoms with Gasteiger partial charge in [-0.3, -0.25) is 0 Å². The predicted molar refractivity (Wildman–Crippen MR) is 89.9 cm³/mol. The van der Waals surface area contributed by atoms with Gasteiger partial charge in [-0.05, 0) is 23.6 Å². The molecule has 0 atom stereocenters. The van der Waals surface area contributed by atoms with Crippen molar-refractivity contribution >= 4 is 11.4 Å². The van der Waals surface area contributed by atoms with Crippen molar-refractivity contribution in [2.45, 2.75) is 19.8 Å². The largest absolute Gasteiger partial charge is 0.493 e. The van der Waals surface area contributed by atoms with Crippen molar-refractivity contribution < 1.29 is 14.2 Å². The Morgan fingerprint density at radius 3 is 1.73 bits per heavy atom. The fraction of sp³-hybridized carbons (Fsp3) is 0.333. The third kappa shape index (κ3) is 3.45. The van der Waals surface area contributed by atoms with Crippen molar-refractivity contribution in [3.05, 3.63) is 42.0 Å². The topological polar surface area (TPSA) is 39.7 Å². The molecule has 118 valence electrons. The zero-order valence-electron chi connectivity index (χ0n) is 13.8. The number of anilines is 2. The van der Waals surface area contributed by atoms with Crippen LogP contribution >= 0.6 is 0 Å². The molecular formula is C18H23NO3. The average molecular weight is 301 g/mol. The van der Waals surface area contributed by atoms with Gasteiger partial charge in [0.1, 0.15) is 0 Å². The Balaban J connectivity index is 2.29. The van der Waals surface area contributed by atoms with Gasteiger partial charge in [-0.1, -0.05) is 26.0 Å². The van der Waals surface area contributed by atoms with Crippen molar-refractivity contribution in [2.75, 3.05) is 26.6 Å². The fourth-order valence-corrected chi connectivity index (χ4v) is 2.27. The number of methoxy groups -OCH3 is 3. The highest BCUT2D eigenvalue weighted by atomic mass is 16.5. The van der Waals surface area contributed by atoms with E-state index in [0.717, 1.165) is 11.4 Å². The molecule has 0 aliphatic heterocycles. The Hall–Kier alpha value is -2.36. The normalized spacial score (nSPS) is 10.5. The maximum atomic E-state index is 5.36. The summed E-state index contributed by atoms with van der Waals surface area (Å²) in [7, 11) is 4.81. The lowest BCUT2D eigenvalue weighted by Gasteiger charge is -2.15. The van der Waals surface area contributed by atoms with Gasteiger partial charge in [-0.25, -0.2) is 0 Å². The van der Waals surface area contributed by atoms with Gasteiger partial charge in [0.25, 0.3) is 0 Å². The molecule has 1 N–H and O–H groups in total. The first-order valence-electron chi connectivity index (χ1n) is 7.26. The molecule has 4 nitrogen and oxygen atoms in total. The zero-order valence-corrected chi connectivity index (χ0v) is 13.8. The first-order valence-corrected chi connectivity index (χ1v) is 7.26. The predicted octanol–water partition coefficient (Wildman–Crippen LogP) is 4.58. The van der Waals surface area contributed by atoms with Crippen molar-refractivity contribution in [2.24, 2.45) is 0 Å². The van der Waals surface area contributed by atoms with Gasteiger partial charge in [0.15, 0.2) is 11.5 Å². The van der Waals surface area contributed by atoms with Crippen molar-refractivity contribution in [3.8, 4) is 17.2 Å². The Bertz CT molecular complexity index is 596. The summed E-state index contributed by atoms with van der Waals surface area (Å²) in [5.41, 5.74) is 3.21. The highest BCUT2D eigenvalue weighted by Gasteiger charge is 2.13. The molecule has 2 aromatic rings. The van der Waals surface area contributed by atoms with E-state index >= 15 is 0 Å². The molecule has 22 heavy (non-hydrogen) atoms. The maximum absolute atomic E-state index is 5.36. The van der Waals surface area contributed by atoms with Gasteiger partial charge >= 0.3 is 0 Å². The second-order valence-corrected chi connectivity index (χ2v) is 5.32. The van der Waals surface area contributed by atoms with E-state index in [2.05, 4.69) is 43.4 Å². The summed E-state index contributed by atoms with van der Waals surface area (Å²) in [6.07, 6.45) is 0. The van der Waals surface area contributed by atoms with Crippen LogP contribution in [0.1, 0.15) is 25.3 Å². The number of nitrogens with one attached hydrogen (secondary N) is 1.